The highest BCUT2D eigenvalue weighted by Crippen LogP contribution is 2.17. The van der Waals surface area contributed by atoms with Crippen LogP contribution >= 0.6 is 0 Å². The molecule has 0 spiro atoms. The van der Waals surface area contributed by atoms with Crippen LogP contribution in [-0.2, 0) is 26.0 Å². The Morgan fingerprint density at radius 2 is 2.26 bits per heavy atom. The lowest BCUT2D eigenvalue weighted by molar-refractivity contribution is 0.0828. The number of nitrogens with zero attached hydrogens (tertiary/aromatic N) is 3. The predicted molar refractivity (Wildman–Crippen MR) is 82.5 cm³/mol. The maximum Gasteiger partial charge on any atom is 0.219 e. The van der Waals surface area contributed by atoms with Gasteiger partial charge in [-0.3, -0.25) is 0 Å². The molecule has 9 heteroatoms. The SMILES string of the molecule is COC1COCC1S(=O)(=O)NCc1cccnc1-n1cccn1. The highest BCUT2D eigenvalue weighted by Gasteiger charge is 2.38. The van der Waals surface area contributed by atoms with E-state index in [-0.39, 0.29) is 19.8 Å². The molecule has 2 aromatic heterocycles. The van der Waals surface area contributed by atoms with Crippen molar-refractivity contribution in [2.75, 3.05) is 20.3 Å². The molecular weight excluding hydrogens is 320 g/mol. The molecule has 0 bridgehead atoms. The lowest BCUT2D eigenvalue weighted by Gasteiger charge is -2.17. The molecule has 2 aromatic rings. The highest BCUT2D eigenvalue weighted by atomic mass is 32.2. The minimum atomic E-state index is -3.56. The van der Waals surface area contributed by atoms with E-state index in [1.54, 1.807) is 35.4 Å². The summed E-state index contributed by atoms with van der Waals surface area (Å²) in [6.45, 7) is 0.540. The van der Waals surface area contributed by atoms with E-state index in [2.05, 4.69) is 14.8 Å². The minimum Gasteiger partial charge on any atom is -0.378 e. The molecule has 2 atom stereocenters. The first kappa shape index (κ1) is 16.1. The topological polar surface area (TPSA) is 95.3 Å². The Morgan fingerprint density at radius 3 is 3.00 bits per heavy atom. The third kappa shape index (κ3) is 3.42. The summed E-state index contributed by atoms with van der Waals surface area (Å²) in [5.74, 6) is 0.589. The van der Waals surface area contributed by atoms with Gasteiger partial charge in [0.1, 0.15) is 11.4 Å². The number of aromatic nitrogens is 3. The Kier molecular flexibility index (Phi) is 4.71. The van der Waals surface area contributed by atoms with Crippen LogP contribution in [-0.4, -0.2) is 54.9 Å². The Balaban J connectivity index is 1.76. The first-order valence-corrected chi connectivity index (χ1v) is 8.69. The van der Waals surface area contributed by atoms with Gasteiger partial charge in [0.15, 0.2) is 5.82 Å². The maximum atomic E-state index is 12.5. The Labute approximate surface area is 134 Å². The number of pyridine rings is 1. The summed E-state index contributed by atoms with van der Waals surface area (Å²) < 4.78 is 39.5. The third-order valence-electron chi connectivity index (χ3n) is 3.73. The molecule has 2 unspecified atom stereocenters. The van der Waals surface area contributed by atoms with E-state index in [1.165, 1.54) is 7.11 Å². The summed E-state index contributed by atoms with van der Waals surface area (Å²) in [6.07, 6.45) is 4.58. The van der Waals surface area contributed by atoms with Gasteiger partial charge >= 0.3 is 0 Å². The zero-order chi connectivity index (χ0) is 16.3. The summed E-state index contributed by atoms with van der Waals surface area (Å²) in [6, 6.07) is 5.35. The summed E-state index contributed by atoms with van der Waals surface area (Å²) in [5, 5.41) is 3.42. The van der Waals surface area contributed by atoms with Crippen molar-refractivity contribution in [3.8, 4) is 5.82 Å². The Morgan fingerprint density at radius 1 is 1.39 bits per heavy atom. The van der Waals surface area contributed by atoms with Gasteiger partial charge in [-0.1, -0.05) is 6.07 Å². The molecule has 3 rings (SSSR count). The molecule has 1 fully saturated rings. The lowest BCUT2D eigenvalue weighted by atomic mass is 10.2. The van der Waals surface area contributed by atoms with Crippen molar-refractivity contribution in [3.63, 3.8) is 0 Å². The van der Waals surface area contributed by atoms with E-state index < -0.39 is 21.4 Å². The molecule has 1 aliphatic heterocycles. The van der Waals surface area contributed by atoms with Gasteiger partial charge < -0.3 is 9.47 Å². The number of rotatable bonds is 6. The Hall–Kier alpha value is -1.81. The molecule has 3 heterocycles. The molecule has 124 valence electrons. The number of hydrogen-bond donors (Lipinski definition) is 1. The summed E-state index contributed by atoms with van der Waals surface area (Å²) >= 11 is 0. The maximum absolute atomic E-state index is 12.5. The molecule has 1 saturated heterocycles. The second kappa shape index (κ2) is 6.75. The second-order valence-electron chi connectivity index (χ2n) is 5.15. The number of methoxy groups -OCH3 is 1. The molecule has 23 heavy (non-hydrogen) atoms. The lowest BCUT2D eigenvalue weighted by Crippen LogP contribution is -2.41. The van der Waals surface area contributed by atoms with E-state index in [1.807, 2.05) is 6.07 Å². The van der Waals surface area contributed by atoms with E-state index in [9.17, 15) is 8.42 Å². The van der Waals surface area contributed by atoms with Crippen molar-refractivity contribution in [2.24, 2.45) is 0 Å². The fraction of sp³-hybridized carbons (Fsp3) is 0.429. The standard InChI is InChI=1S/C14H18N4O4S/c1-21-12-9-22-10-13(12)23(19,20)17-8-11-4-2-5-15-14(11)18-7-3-6-16-18/h2-7,12-13,17H,8-10H2,1H3. The van der Waals surface area contributed by atoms with Crippen LogP contribution in [0.5, 0.6) is 0 Å². The van der Waals surface area contributed by atoms with Gasteiger partial charge in [0, 0.05) is 37.8 Å². The van der Waals surface area contributed by atoms with E-state index in [4.69, 9.17) is 9.47 Å². The average molecular weight is 338 g/mol. The van der Waals surface area contributed by atoms with Gasteiger partial charge in [0.25, 0.3) is 0 Å². The monoisotopic (exact) mass is 338 g/mol. The summed E-state index contributed by atoms with van der Waals surface area (Å²) in [4.78, 5) is 4.27. The van der Waals surface area contributed by atoms with Crippen molar-refractivity contribution in [1.29, 1.82) is 0 Å². The Bertz CT molecular complexity index is 748. The first-order valence-electron chi connectivity index (χ1n) is 7.15. The van der Waals surface area contributed by atoms with Crippen molar-refractivity contribution in [1.82, 2.24) is 19.5 Å². The van der Waals surface area contributed by atoms with E-state index >= 15 is 0 Å². The normalized spacial score (nSPS) is 21.6. The number of nitrogens with one attached hydrogen (secondary N) is 1. The van der Waals surface area contributed by atoms with Crippen LogP contribution in [0.15, 0.2) is 36.8 Å². The van der Waals surface area contributed by atoms with E-state index in [0.29, 0.717) is 5.82 Å². The molecule has 0 aliphatic carbocycles. The zero-order valence-electron chi connectivity index (χ0n) is 12.6. The van der Waals surface area contributed by atoms with Crippen LogP contribution in [0, 0.1) is 0 Å². The average Bonchev–Trinajstić information content (AvgIpc) is 3.24. The zero-order valence-corrected chi connectivity index (χ0v) is 13.4. The number of ether oxygens (including phenoxy) is 2. The predicted octanol–water partition coefficient (Wildman–Crippen LogP) is 0.101. The number of hydrogen-bond acceptors (Lipinski definition) is 6. The van der Waals surface area contributed by atoms with Crippen LogP contribution < -0.4 is 4.72 Å². The molecule has 0 radical (unpaired) electrons. The number of sulfonamides is 1. The van der Waals surface area contributed by atoms with Crippen molar-refractivity contribution in [2.45, 2.75) is 17.9 Å². The molecule has 0 aromatic carbocycles. The van der Waals surface area contributed by atoms with Crippen molar-refractivity contribution < 1.29 is 17.9 Å². The first-order chi connectivity index (χ1) is 11.1. The van der Waals surface area contributed by atoms with E-state index in [0.717, 1.165) is 5.56 Å². The van der Waals surface area contributed by atoms with Crippen LogP contribution in [0.2, 0.25) is 0 Å². The van der Waals surface area contributed by atoms with Gasteiger partial charge in [-0.15, -0.1) is 0 Å². The molecule has 0 saturated carbocycles. The van der Waals surface area contributed by atoms with Gasteiger partial charge in [-0.05, 0) is 12.1 Å². The largest absolute Gasteiger partial charge is 0.378 e. The smallest absolute Gasteiger partial charge is 0.219 e. The van der Waals surface area contributed by atoms with Crippen LogP contribution in [0.4, 0.5) is 0 Å². The van der Waals surface area contributed by atoms with Gasteiger partial charge in [-0.2, -0.15) is 5.10 Å². The van der Waals surface area contributed by atoms with Gasteiger partial charge in [0.2, 0.25) is 10.0 Å². The summed E-state index contributed by atoms with van der Waals surface area (Å²) in [7, 11) is -2.08. The highest BCUT2D eigenvalue weighted by molar-refractivity contribution is 7.90. The van der Waals surface area contributed by atoms with Crippen molar-refractivity contribution >= 4 is 10.0 Å². The quantitative estimate of drug-likeness (QED) is 0.803. The fourth-order valence-corrected chi connectivity index (χ4v) is 3.91. The van der Waals surface area contributed by atoms with Crippen LogP contribution in [0.1, 0.15) is 5.56 Å². The van der Waals surface area contributed by atoms with Crippen LogP contribution in [0.25, 0.3) is 5.82 Å². The molecule has 8 nitrogen and oxygen atoms in total. The minimum absolute atomic E-state index is 0.123. The van der Waals surface area contributed by atoms with Gasteiger partial charge in [-0.25, -0.2) is 22.8 Å². The fourth-order valence-electron chi connectivity index (χ4n) is 2.48. The summed E-state index contributed by atoms with van der Waals surface area (Å²) in [5.41, 5.74) is 0.729. The molecule has 0 amide bonds. The third-order valence-corrected chi connectivity index (χ3v) is 5.52. The molecule has 1 N–H and O–H groups in total. The molecular formula is C14H18N4O4S. The second-order valence-corrected chi connectivity index (χ2v) is 7.14. The van der Waals surface area contributed by atoms with Crippen LogP contribution in [0.3, 0.4) is 0 Å². The molecule has 1 aliphatic rings. The van der Waals surface area contributed by atoms with Crippen molar-refractivity contribution in [3.05, 3.63) is 42.4 Å². The van der Waals surface area contributed by atoms with Gasteiger partial charge in [0.05, 0.1) is 13.2 Å².